The predicted octanol–water partition coefficient (Wildman–Crippen LogP) is 3.19. The maximum atomic E-state index is 12.3. The zero-order valence-corrected chi connectivity index (χ0v) is 15.7. The molecule has 0 spiro atoms. The van der Waals surface area contributed by atoms with E-state index in [0.29, 0.717) is 36.7 Å². The lowest BCUT2D eigenvalue weighted by Gasteiger charge is -2.11. The summed E-state index contributed by atoms with van der Waals surface area (Å²) in [5.74, 6) is 0.681. The van der Waals surface area contributed by atoms with Crippen molar-refractivity contribution in [2.45, 2.75) is 19.8 Å². The monoisotopic (exact) mass is 381 g/mol. The maximum Gasteiger partial charge on any atom is 0.271 e. The van der Waals surface area contributed by atoms with E-state index < -0.39 is 0 Å². The number of fused-ring (bicyclic) bond motifs is 1. The smallest absolute Gasteiger partial charge is 0.271 e. The summed E-state index contributed by atoms with van der Waals surface area (Å²) in [7, 11) is 0. The third-order valence-corrected chi connectivity index (χ3v) is 4.10. The van der Waals surface area contributed by atoms with Crippen LogP contribution in [0.4, 0.5) is 0 Å². The molecule has 28 heavy (non-hydrogen) atoms. The molecular formula is C21H23N3O4. The van der Waals surface area contributed by atoms with Gasteiger partial charge in [-0.1, -0.05) is 30.3 Å². The molecule has 3 rings (SSSR count). The Morgan fingerprint density at radius 1 is 0.964 bits per heavy atom. The summed E-state index contributed by atoms with van der Waals surface area (Å²) in [4.78, 5) is 27.2. The molecule has 2 amide bonds. The van der Waals surface area contributed by atoms with E-state index in [1.165, 1.54) is 0 Å². The van der Waals surface area contributed by atoms with Gasteiger partial charge >= 0.3 is 0 Å². The molecule has 0 aliphatic carbocycles. The molecule has 1 heterocycles. The van der Waals surface area contributed by atoms with Gasteiger partial charge in [0.15, 0.2) is 11.5 Å². The molecule has 1 aromatic heterocycles. The molecule has 0 bridgehead atoms. The molecule has 0 saturated heterocycles. The Morgan fingerprint density at radius 2 is 1.68 bits per heavy atom. The van der Waals surface area contributed by atoms with Gasteiger partial charge < -0.3 is 14.5 Å². The van der Waals surface area contributed by atoms with Crippen LogP contribution in [0.15, 0.2) is 54.7 Å². The minimum Gasteiger partial charge on any atom is -0.490 e. The summed E-state index contributed by atoms with van der Waals surface area (Å²) >= 11 is 0. The fourth-order valence-electron chi connectivity index (χ4n) is 2.77. The van der Waals surface area contributed by atoms with Crippen LogP contribution >= 0.6 is 0 Å². The molecule has 0 radical (unpaired) electrons. The Morgan fingerprint density at radius 3 is 2.46 bits per heavy atom. The van der Waals surface area contributed by atoms with E-state index in [-0.39, 0.29) is 18.2 Å². The van der Waals surface area contributed by atoms with Gasteiger partial charge in [0.25, 0.3) is 5.91 Å². The van der Waals surface area contributed by atoms with Crippen LogP contribution in [0.3, 0.4) is 0 Å². The summed E-state index contributed by atoms with van der Waals surface area (Å²) in [6.45, 7) is 2.83. The lowest BCUT2D eigenvalue weighted by atomic mass is 10.2. The first-order chi connectivity index (χ1) is 13.7. The van der Waals surface area contributed by atoms with Crippen molar-refractivity contribution in [2.75, 3.05) is 13.2 Å². The molecule has 7 nitrogen and oxygen atoms in total. The van der Waals surface area contributed by atoms with Crippen molar-refractivity contribution in [2.24, 2.45) is 0 Å². The number of benzene rings is 2. The van der Waals surface area contributed by atoms with E-state index >= 15 is 0 Å². The van der Waals surface area contributed by atoms with Gasteiger partial charge in [0.05, 0.1) is 18.8 Å². The van der Waals surface area contributed by atoms with Crippen LogP contribution in [-0.4, -0.2) is 30.0 Å². The van der Waals surface area contributed by atoms with E-state index in [2.05, 4.69) is 15.8 Å². The van der Waals surface area contributed by atoms with Gasteiger partial charge in [-0.05, 0) is 31.5 Å². The zero-order valence-electron chi connectivity index (χ0n) is 15.7. The van der Waals surface area contributed by atoms with Crippen LogP contribution in [0.1, 0.15) is 30.1 Å². The van der Waals surface area contributed by atoms with Crippen LogP contribution in [0.5, 0.6) is 11.5 Å². The van der Waals surface area contributed by atoms with Crippen LogP contribution in [0.25, 0.3) is 10.9 Å². The molecule has 0 aliphatic rings. The highest BCUT2D eigenvalue weighted by Gasteiger charge is 2.12. The first kappa shape index (κ1) is 19.3. The highest BCUT2D eigenvalue weighted by atomic mass is 16.5. The number of hydrogen-bond donors (Lipinski definition) is 3. The van der Waals surface area contributed by atoms with Gasteiger partial charge in [0, 0.05) is 23.5 Å². The number of rotatable bonds is 8. The van der Waals surface area contributed by atoms with Gasteiger partial charge in [0.1, 0.15) is 0 Å². The van der Waals surface area contributed by atoms with Crippen LogP contribution in [0, 0.1) is 0 Å². The third-order valence-electron chi connectivity index (χ3n) is 4.10. The normalized spacial score (nSPS) is 10.5. The van der Waals surface area contributed by atoms with Gasteiger partial charge in [-0.25, -0.2) is 0 Å². The minimum absolute atomic E-state index is 0.227. The fraction of sp³-hybridized carbons (Fsp3) is 0.238. The van der Waals surface area contributed by atoms with Gasteiger partial charge in [-0.3, -0.25) is 20.4 Å². The van der Waals surface area contributed by atoms with Gasteiger partial charge in [0.2, 0.25) is 5.91 Å². The Hall–Kier alpha value is -3.48. The first-order valence-electron chi connectivity index (χ1n) is 9.19. The van der Waals surface area contributed by atoms with Gasteiger partial charge in [-0.15, -0.1) is 0 Å². The summed E-state index contributed by atoms with van der Waals surface area (Å²) in [6, 6.07) is 14.9. The summed E-state index contributed by atoms with van der Waals surface area (Å²) in [5, 5.41) is 0.801. The molecule has 0 atom stereocenters. The summed E-state index contributed by atoms with van der Waals surface area (Å²) < 4.78 is 11.2. The first-order valence-corrected chi connectivity index (χ1v) is 9.19. The highest BCUT2D eigenvalue weighted by Crippen LogP contribution is 2.26. The zero-order chi connectivity index (χ0) is 19.8. The van der Waals surface area contributed by atoms with E-state index in [9.17, 15) is 9.59 Å². The molecule has 0 fully saturated rings. The average molecular weight is 381 g/mol. The SMILES string of the molecule is CCOc1ccccc1OCCCC(=O)NNC(=O)c1c[nH]c2ccccc12. The number of amides is 2. The average Bonchev–Trinajstić information content (AvgIpc) is 3.15. The predicted molar refractivity (Wildman–Crippen MR) is 106 cm³/mol. The number of aromatic nitrogens is 1. The topological polar surface area (TPSA) is 92.4 Å². The molecule has 3 N–H and O–H groups in total. The molecule has 0 aliphatic heterocycles. The van der Waals surface area contributed by atoms with Crippen molar-refractivity contribution in [3.63, 3.8) is 0 Å². The molecule has 3 aromatic rings. The standard InChI is InChI=1S/C21H23N3O4/c1-2-27-18-10-5-6-11-19(18)28-13-7-12-20(25)23-24-21(26)16-14-22-17-9-4-3-8-15(16)17/h3-6,8-11,14,22H,2,7,12-13H2,1H3,(H,23,25)(H,24,26). The third kappa shape index (κ3) is 4.82. The fourth-order valence-corrected chi connectivity index (χ4v) is 2.77. The number of nitrogens with one attached hydrogen (secondary N) is 3. The number of carbonyl (C=O) groups is 2. The minimum atomic E-state index is -0.368. The Balaban J connectivity index is 1.41. The lowest BCUT2D eigenvalue weighted by Crippen LogP contribution is -2.41. The molecular weight excluding hydrogens is 358 g/mol. The van der Waals surface area contributed by atoms with Gasteiger partial charge in [-0.2, -0.15) is 0 Å². The van der Waals surface area contributed by atoms with Crippen molar-refractivity contribution in [1.29, 1.82) is 0 Å². The second kappa shape index (κ2) is 9.45. The Kier molecular flexibility index (Phi) is 6.51. The lowest BCUT2D eigenvalue weighted by molar-refractivity contribution is -0.122. The van der Waals surface area contributed by atoms with E-state index in [1.54, 1.807) is 6.20 Å². The van der Waals surface area contributed by atoms with Crippen LogP contribution in [0.2, 0.25) is 0 Å². The molecule has 2 aromatic carbocycles. The second-order valence-corrected chi connectivity index (χ2v) is 6.08. The van der Waals surface area contributed by atoms with E-state index in [0.717, 1.165) is 10.9 Å². The largest absolute Gasteiger partial charge is 0.490 e. The van der Waals surface area contributed by atoms with Crippen molar-refractivity contribution >= 4 is 22.7 Å². The van der Waals surface area contributed by atoms with E-state index in [1.807, 2.05) is 55.5 Å². The Labute approximate surface area is 163 Å². The van der Waals surface area contributed by atoms with Crippen molar-refractivity contribution in [3.05, 3.63) is 60.3 Å². The molecule has 0 saturated carbocycles. The number of H-pyrrole nitrogens is 1. The number of para-hydroxylation sites is 3. The van der Waals surface area contributed by atoms with Crippen LogP contribution in [-0.2, 0) is 4.79 Å². The summed E-state index contributed by atoms with van der Waals surface area (Å²) in [5.41, 5.74) is 6.22. The summed E-state index contributed by atoms with van der Waals surface area (Å²) in [6.07, 6.45) is 2.36. The van der Waals surface area contributed by atoms with Crippen LogP contribution < -0.4 is 20.3 Å². The molecule has 0 unspecified atom stereocenters. The highest BCUT2D eigenvalue weighted by molar-refractivity contribution is 6.07. The second-order valence-electron chi connectivity index (χ2n) is 6.08. The number of hydrazine groups is 1. The maximum absolute atomic E-state index is 12.3. The Bertz CT molecular complexity index is 951. The van der Waals surface area contributed by atoms with Crippen molar-refractivity contribution in [3.8, 4) is 11.5 Å². The number of aromatic amines is 1. The van der Waals surface area contributed by atoms with Crippen molar-refractivity contribution in [1.82, 2.24) is 15.8 Å². The number of hydrogen-bond acceptors (Lipinski definition) is 4. The quantitative estimate of drug-likeness (QED) is 0.413. The van der Waals surface area contributed by atoms with E-state index in [4.69, 9.17) is 9.47 Å². The molecule has 7 heteroatoms. The molecule has 146 valence electrons. The number of ether oxygens (including phenoxy) is 2. The number of carbonyl (C=O) groups excluding carboxylic acids is 2. The van der Waals surface area contributed by atoms with Crippen molar-refractivity contribution < 1.29 is 19.1 Å².